The van der Waals surface area contributed by atoms with Crippen LogP contribution in [0.3, 0.4) is 0 Å². The molecule has 2 aromatic rings. The Balaban J connectivity index is 1.60. The van der Waals surface area contributed by atoms with Crippen LogP contribution in [0.5, 0.6) is 5.75 Å². The fourth-order valence-electron chi connectivity index (χ4n) is 2.60. The minimum Gasteiger partial charge on any atom is -0.508 e. The molecule has 4 nitrogen and oxygen atoms in total. The topological polar surface area (TPSA) is 39.6 Å². The first kappa shape index (κ1) is 14.4. The Labute approximate surface area is 133 Å². The summed E-state index contributed by atoms with van der Waals surface area (Å²) in [4.78, 5) is 9.06. The van der Waals surface area contributed by atoms with E-state index in [9.17, 15) is 5.11 Å². The summed E-state index contributed by atoms with van der Waals surface area (Å²) in [6, 6.07) is 11.6. The van der Waals surface area contributed by atoms with Crippen LogP contribution < -0.4 is 4.90 Å². The molecule has 3 rings (SSSR count). The lowest BCUT2D eigenvalue weighted by Crippen LogP contribution is -2.46. The van der Waals surface area contributed by atoms with Gasteiger partial charge in [0, 0.05) is 49.0 Å². The van der Waals surface area contributed by atoms with Crippen molar-refractivity contribution in [2.45, 2.75) is 6.54 Å². The number of hydrogen-bond acceptors (Lipinski definition) is 4. The van der Waals surface area contributed by atoms with Gasteiger partial charge >= 0.3 is 0 Å². The number of piperazine rings is 1. The molecule has 0 unspecified atom stereocenters. The van der Waals surface area contributed by atoms with Gasteiger partial charge in [-0.2, -0.15) is 0 Å². The first-order valence-electron chi connectivity index (χ1n) is 7.08. The van der Waals surface area contributed by atoms with E-state index in [2.05, 4.69) is 36.8 Å². The van der Waals surface area contributed by atoms with E-state index < -0.39 is 0 Å². The highest BCUT2D eigenvalue weighted by molar-refractivity contribution is 9.10. The van der Waals surface area contributed by atoms with Crippen LogP contribution in [-0.4, -0.2) is 41.2 Å². The fourth-order valence-corrected chi connectivity index (χ4v) is 3.01. The zero-order chi connectivity index (χ0) is 14.7. The molecular weight excluding hydrogens is 330 g/mol. The Bertz CT molecular complexity index is 598. The van der Waals surface area contributed by atoms with Crippen LogP contribution in [0.1, 0.15) is 5.56 Å². The van der Waals surface area contributed by atoms with Crippen molar-refractivity contribution < 1.29 is 5.11 Å². The van der Waals surface area contributed by atoms with Gasteiger partial charge in [0.05, 0.1) is 0 Å². The number of nitrogens with zero attached hydrogens (tertiary/aromatic N) is 3. The number of aromatic hydroxyl groups is 1. The predicted octanol–water partition coefficient (Wildman–Crippen LogP) is 2.87. The Kier molecular flexibility index (Phi) is 4.41. The van der Waals surface area contributed by atoms with Gasteiger partial charge in [-0.15, -0.1) is 0 Å². The van der Waals surface area contributed by atoms with Gasteiger partial charge in [-0.05, 0) is 30.3 Å². The van der Waals surface area contributed by atoms with Crippen LogP contribution in [-0.2, 0) is 6.54 Å². The van der Waals surface area contributed by atoms with E-state index in [1.165, 1.54) is 0 Å². The van der Waals surface area contributed by atoms with E-state index in [-0.39, 0.29) is 0 Å². The van der Waals surface area contributed by atoms with Crippen molar-refractivity contribution in [1.82, 2.24) is 9.88 Å². The minimum absolute atomic E-state index is 0.366. The number of rotatable bonds is 3. The van der Waals surface area contributed by atoms with Crippen LogP contribution in [0.4, 0.5) is 5.82 Å². The molecule has 0 amide bonds. The lowest BCUT2D eigenvalue weighted by Gasteiger charge is -2.35. The number of aromatic nitrogens is 1. The monoisotopic (exact) mass is 347 g/mol. The maximum Gasteiger partial charge on any atom is 0.128 e. The largest absolute Gasteiger partial charge is 0.508 e. The Hall–Kier alpha value is -1.59. The third-order valence-corrected chi connectivity index (χ3v) is 4.27. The normalized spacial score (nSPS) is 16.1. The van der Waals surface area contributed by atoms with E-state index in [4.69, 9.17) is 0 Å². The smallest absolute Gasteiger partial charge is 0.128 e. The van der Waals surface area contributed by atoms with Crippen molar-refractivity contribution in [2.75, 3.05) is 31.1 Å². The number of halogens is 1. The fraction of sp³-hybridized carbons (Fsp3) is 0.312. The third kappa shape index (κ3) is 3.54. The van der Waals surface area contributed by atoms with Gasteiger partial charge in [0.25, 0.3) is 0 Å². The van der Waals surface area contributed by atoms with Crippen molar-refractivity contribution >= 4 is 21.7 Å². The van der Waals surface area contributed by atoms with Gasteiger partial charge < -0.3 is 10.0 Å². The van der Waals surface area contributed by atoms with Gasteiger partial charge in [-0.1, -0.05) is 22.0 Å². The average molecular weight is 348 g/mol. The minimum atomic E-state index is 0.366. The number of hydrogen-bond donors (Lipinski definition) is 1. The molecule has 2 heterocycles. The molecule has 1 fully saturated rings. The summed E-state index contributed by atoms with van der Waals surface area (Å²) < 4.78 is 1.00. The lowest BCUT2D eigenvalue weighted by molar-refractivity contribution is 0.246. The van der Waals surface area contributed by atoms with Gasteiger partial charge in [0.2, 0.25) is 0 Å². The van der Waals surface area contributed by atoms with E-state index in [1.54, 1.807) is 6.07 Å². The van der Waals surface area contributed by atoms with Crippen molar-refractivity contribution in [3.63, 3.8) is 0 Å². The number of pyridine rings is 1. The number of phenolic OH excluding ortho intramolecular Hbond substituents is 1. The van der Waals surface area contributed by atoms with Crippen molar-refractivity contribution in [3.05, 3.63) is 52.6 Å². The molecule has 1 aliphatic rings. The highest BCUT2D eigenvalue weighted by atomic mass is 79.9. The Morgan fingerprint density at radius 3 is 2.62 bits per heavy atom. The summed E-state index contributed by atoms with van der Waals surface area (Å²) in [6.07, 6.45) is 1.83. The van der Waals surface area contributed by atoms with Gasteiger partial charge in [0.15, 0.2) is 0 Å². The molecule has 0 atom stereocenters. The molecule has 1 N–H and O–H groups in total. The molecule has 0 saturated carbocycles. The molecule has 1 aromatic heterocycles. The van der Waals surface area contributed by atoms with Gasteiger partial charge in [-0.3, -0.25) is 4.90 Å². The SMILES string of the molecule is Oc1ccc(Br)cc1CN1CCN(c2ccccn2)CC1. The molecule has 1 aromatic carbocycles. The molecule has 0 aliphatic carbocycles. The summed E-state index contributed by atoms with van der Waals surface area (Å²) in [5.41, 5.74) is 0.968. The van der Waals surface area contributed by atoms with Crippen molar-refractivity contribution in [2.24, 2.45) is 0 Å². The predicted molar refractivity (Wildman–Crippen MR) is 87.5 cm³/mol. The van der Waals surface area contributed by atoms with Crippen LogP contribution >= 0.6 is 15.9 Å². The first-order valence-corrected chi connectivity index (χ1v) is 7.87. The zero-order valence-electron chi connectivity index (χ0n) is 11.7. The summed E-state index contributed by atoms with van der Waals surface area (Å²) in [7, 11) is 0. The molecule has 0 radical (unpaired) electrons. The average Bonchev–Trinajstić information content (AvgIpc) is 2.53. The molecule has 5 heteroatoms. The Morgan fingerprint density at radius 1 is 1.10 bits per heavy atom. The van der Waals surface area contributed by atoms with E-state index in [1.807, 2.05) is 30.5 Å². The quantitative estimate of drug-likeness (QED) is 0.926. The molecular formula is C16H18BrN3O. The van der Waals surface area contributed by atoms with Crippen molar-refractivity contribution in [3.8, 4) is 5.75 Å². The van der Waals surface area contributed by atoms with E-state index in [0.29, 0.717) is 5.75 Å². The molecule has 110 valence electrons. The number of phenols is 1. The maximum absolute atomic E-state index is 9.93. The summed E-state index contributed by atoms with van der Waals surface area (Å²) in [5, 5.41) is 9.93. The molecule has 0 spiro atoms. The highest BCUT2D eigenvalue weighted by Crippen LogP contribution is 2.24. The highest BCUT2D eigenvalue weighted by Gasteiger charge is 2.18. The number of benzene rings is 1. The second-order valence-electron chi connectivity index (χ2n) is 5.22. The van der Waals surface area contributed by atoms with Gasteiger partial charge in [-0.25, -0.2) is 4.98 Å². The summed E-state index contributed by atoms with van der Waals surface area (Å²) in [5.74, 6) is 1.41. The zero-order valence-corrected chi connectivity index (χ0v) is 13.3. The molecule has 1 aliphatic heterocycles. The van der Waals surface area contributed by atoms with Crippen molar-refractivity contribution in [1.29, 1.82) is 0 Å². The maximum atomic E-state index is 9.93. The van der Waals surface area contributed by atoms with E-state index >= 15 is 0 Å². The van der Waals surface area contributed by atoms with E-state index in [0.717, 1.165) is 48.6 Å². The third-order valence-electron chi connectivity index (χ3n) is 3.78. The van der Waals surface area contributed by atoms with Crippen LogP contribution in [0.15, 0.2) is 47.1 Å². The Morgan fingerprint density at radius 2 is 1.90 bits per heavy atom. The van der Waals surface area contributed by atoms with Crippen LogP contribution in [0, 0.1) is 0 Å². The standard InChI is InChI=1S/C16H18BrN3O/c17-14-4-5-15(21)13(11-14)12-19-7-9-20(10-8-19)16-3-1-2-6-18-16/h1-6,11,21H,7-10,12H2. The summed E-state index contributed by atoms with van der Waals surface area (Å²) in [6.45, 7) is 4.66. The first-order chi connectivity index (χ1) is 10.2. The molecule has 1 saturated heterocycles. The van der Waals surface area contributed by atoms with Crippen LogP contribution in [0.2, 0.25) is 0 Å². The summed E-state index contributed by atoms with van der Waals surface area (Å²) >= 11 is 3.46. The number of anilines is 1. The second kappa shape index (κ2) is 6.45. The molecule has 0 bridgehead atoms. The van der Waals surface area contributed by atoms with Gasteiger partial charge in [0.1, 0.15) is 11.6 Å². The molecule has 21 heavy (non-hydrogen) atoms. The lowest BCUT2D eigenvalue weighted by atomic mass is 10.1. The second-order valence-corrected chi connectivity index (χ2v) is 6.14. The van der Waals surface area contributed by atoms with Crippen LogP contribution in [0.25, 0.3) is 0 Å².